The molecule has 0 aliphatic heterocycles. The van der Waals surface area contributed by atoms with E-state index in [1.165, 1.54) is 16.7 Å². The molecule has 0 heterocycles. The molecule has 1 N–H and O–H groups in total. The Kier molecular flexibility index (Phi) is 4.66. The zero-order valence-corrected chi connectivity index (χ0v) is 16.4. The topological polar surface area (TPSA) is 20.2 Å². The Balaban J connectivity index is 2.17. The smallest absolute Gasteiger partial charge is 0.122 e. The van der Waals surface area contributed by atoms with E-state index in [-0.39, 0.29) is 10.8 Å². The Bertz CT molecular complexity index is 890. The normalized spacial score (nSPS) is 12.2. The quantitative estimate of drug-likeness (QED) is 0.584. The molecule has 0 amide bonds. The van der Waals surface area contributed by atoms with Crippen molar-refractivity contribution in [3.8, 4) is 5.75 Å². The van der Waals surface area contributed by atoms with Gasteiger partial charge in [-0.05, 0) is 29.2 Å². The summed E-state index contributed by atoms with van der Waals surface area (Å²) in [5.74, 6) is 0.395. The standard InChI is InChI=1S/C25H28O/c1-18-16-21(24(2,3)19-12-8-6-9-13-19)17-22(23(18)26)25(4,5)20-14-10-7-11-15-20/h6-17,26H,1-5H3. The van der Waals surface area contributed by atoms with Crippen LogP contribution < -0.4 is 0 Å². The third-order valence-corrected chi connectivity index (χ3v) is 5.69. The van der Waals surface area contributed by atoms with Gasteiger partial charge in [-0.15, -0.1) is 0 Å². The Labute approximate surface area is 157 Å². The minimum absolute atomic E-state index is 0.138. The fraction of sp³-hybridized carbons (Fsp3) is 0.280. The van der Waals surface area contributed by atoms with Crippen LogP contribution in [0.2, 0.25) is 0 Å². The molecule has 3 rings (SSSR count). The van der Waals surface area contributed by atoms with Gasteiger partial charge in [-0.1, -0.05) is 100 Å². The zero-order chi connectivity index (χ0) is 18.9. The molecule has 1 heteroatoms. The molecule has 0 radical (unpaired) electrons. The average molecular weight is 344 g/mol. The summed E-state index contributed by atoms with van der Waals surface area (Å²) in [6, 6.07) is 25.2. The molecule has 0 spiro atoms. The van der Waals surface area contributed by atoms with Crippen LogP contribution in [-0.4, -0.2) is 5.11 Å². The van der Waals surface area contributed by atoms with Crippen molar-refractivity contribution in [2.75, 3.05) is 0 Å². The summed E-state index contributed by atoms with van der Waals surface area (Å²) < 4.78 is 0. The SMILES string of the molecule is Cc1cc(C(C)(C)c2ccccc2)cc(C(C)(C)c2ccccc2)c1O. The van der Waals surface area contributed by atoms with Crippen molar-refractivity contribution in [3.05, 3.63) is 101 Å². The number of aromatic hydroxyl groups is 1. The van der Waals surface area contributed by atoms with Crippen LogP contribution in [0.25, 0.3) is 0 Å². The maximum atomic E-state index is 10.9. The number of phenols is 1. The Morgan fingerprint density at radius 1 is 0.615 bits per heavy atom. The van der Waals surface area contributed by atoms with E-state index in [1.807, 2.05) is 19.1 Å². The first-order valence-corrected chi connectivity index (χ1v) is 9.20. The lowest BCUT2D eigenvalue weighted by atomic mass is 9.72. The molecule has 134 valence electrons. The Morgan fingerprint density at radius 3 is 1.58 bits per heavy atom. The predicted molar refractivity (Wildman–Crippen MR) is 110 cm³/mol. The molecule has 0 bridgehead atoms. The molecule has 1 nitrogen and oxygen atoms in total. The molecule has 3 aromatic rings. The van der Waals surface area contributed by atoms with E-state index in [0.29, 0.717) is 5.75 Å². The van der Waals surface area contributed by atoms with Gasteiger partial charge in [0.2, 0.25) is 0 Å². The highest BCUT2D eigenvalue weighted by Crippen LogP contribution is 2.42. The van der Waals surface area contributed by atoms with E-state index >= 15 is 0 Å². The first kappa shape index (κ1) is 18.3. The third-order valence-electron chi connectivity index (χ3n) is 5.69. The summed E-state index contributed by atoms with van der Waals surface area (Å²) in [5, 5.41) is 10.9. The molecule has 0 fully saturated rings. The number of rotatable bonds is 4. The van der Waals surface area contributed by atoms with Gasteiger partial charge in [0.05, 0.1) is 0 Å². The number of hydrogen-bond acceptors (Lipinski definition) is 1. The van der Waals surface area contributed by atoms with Crippen molar-refractivity contribution in [3.63, 3.8) is 0 Å². The fourth-order valence-electron chi connectivity index (χ4n) is 3.65. The molecule has 0 atom stereocenters. The Morgan fingerprint density at radius 2 is 1.08 bits per heavy atom. The molecule has 0 saturated heterocycles. The molecule has 0 aliphatic rings. The lowest BCUT2D eigenvalue weighted by Gasteiger charge is -2.32. The Hall–Kier alpha value is -2.54. The van der Waals surface area contributed by atoms with Gasteiger partial charge in [0.15, 0.2) is 0 Å². The van der Waals surface area contributed by atoms with Crippen molar-refractivity contribution in [2.24, 2.45) is 0 Å². The summed E-state index contributed by atoms with van der Waals surface area (Å²) in [7, 11) is 0. The van der Waals surface area contributed by atoms with Gasteiger partial charge in [-0.2, -0.15) is 0 Å². The molecule has 3 aromatic carbocycles. The van der Waals surface area contributed by atoms with Gasteiger partial charge in [0.25, 0.3) is 0 Å². The van der Waals surface area contributed by atoms with Gasteiger partial charge in [-0.25, -0.2) is 0 Å². The highest BCUT2D eigenvalue weighted by Gasteiger charge is 2.31. The first-order valence-electron chi connectivity index (χ1n) is 9.20. The van der Waals surface area contributed by atoms with Crippen LogP contribution in [0.4, 0.5) is 0 Å². The second-order valence-corrected chi connectivity index (χ2v) is 8.17. The predicted octanol–water partition coefficient (Wildman–Crippen LogP) is 6.35. The molecular weight excluding hydrogens is 316 g/mol. The van der Waals surface area contributed by atoms with Crippen molar-refractivity contribution < 1.29 is 5.11 Å². The number of benzene rings is 3. The van der Waals surface area contributed by atoms with Crippen LogP contribution in [0.1, 0.15) is 55.5 Å². The minimum Gasteiger partial charge on any atom is -0.507 e. The number of hydrogen-bond donors (Lipinski definition) is 1. The fourth-order valence-corrected chi connectivity index (χ4v) is 3.65. The number of aryl methyl sites for hydroxylation is 1. The summed E-state index contributed by atoms with van der Waals surface area (Å²) >= 11 is 0. The summed E-state index contributed by atoms with van der Waals surface area (Å²) in [4.78, 5) is 0. The summed E-state index contributed by atoms with van der Waals surface area (Å²) in [5.41, 5.74) is 5.17. The maximum absolute atomic E-state index is 10.9. The van der Waals surface area contributed by atoms with Crippen LogP contribution in [0.5, 0.6) is 5.75 Å². The van der Waals surface area contributed by atoms with E-state index in [2.05, 4.69) is 88.4 Å². The molecule has 0 aliphatic carbocycles. The van der Waals surface area contributed by atoms with Gasteiger partial charge < -0.3 is 5.11 Å². The van der Waals surface area contributed by atoms with Crippen LogP contribution in [0, 0.1) is 6.92 Å². The zero-order valence-electron chi connectivity index (χ0n) is 16.4. The molecule has 0 unspecified atom stereocenters. The largest absolute Gasteiger partial charge is 0.507 e. The number of phenolic OH excluding ortho intramolecular Hbond substituents is 1. The van der Waals surface area contributed by atoms with Gasteiger partial charge in [-0.3, -0.25) is 0 Å². The monoisotopic (exact) mass is 344 g/mol. The second kappa shape index (κ2) is 6.64. The lowest BCUT2D eigenvalue weighted by Crippen LogP contribution is -2.23. The van der Waals surface area contributed by atoms with Crippen LogP contribution >= 0.6 is 0 Å². The summed E-state index contributed by atoms with van der Waals surface area (Å²) in [6.07, 6.45) is 0. The van der Waals surface area contributed by atoms with E-state index < -0.39 is 0 Å². The van der Waals surface area contributed by atoms with E-state index in [0.717, 1.165) is 11.1 Å². The van der Waals surface area contributed by atoms with Crippen molar-refractivity contribution in [2.45, 2.75) is 45.4 Å². The minimum atomic E-state index is -0.279. The highest BCUT2D eigenvalue weighted by atomic mass is 16.3. The third kappa shape index (κ3) is 3.14. The van der Waals surface area contributed by atoms with Crippen LogP contribution in [0.15, 0.2) is 72.8 Å². The van der Waals surface area contributed by atoms with E-state index in [1.54, 1.807) is 0 Å². The van der Waals surface area contributed by atoms with Crippen LogP contribution in [0.3, 0.4) is 0 Å². The van der Waals surface area contributed by atoms with Gasteiger partial charge in [0.1, 0.15) is 5.75 Å². The van der Waals surface area contributed by atoms with Crippen molar-refractivity contribution >= 4 is 0 Å². The highest BCUT2D eigenvalue weighted by molar-refractivity contribution is 5.53. The lowest BCUT2D eigenvalue weighted by molar-refractivity contribution is 0.447. The van der Waals surface area contributed by atoms with Gasteiger partial charge >= 0.3 is 0 Å². The van der Waals surface area contributed by atoms with Crippen molar-refractivity contribution in [1.29, 1.82) is 0 Å². The molecule has 26 heavy (non-hydrogen) atoms. The molecule has 0 saturated carbocycles. The summed E-state index contributed by atoms with van der Waals surface area (Å²) in [6.45, 7) is 10.8. The molecular formula is C25H28O. The maximum Gasteiger partial charge on any atom is 0.122 e. The first-order chi connectivity index (χ1) is 12.2. The van der Waals surface area contributed by atoms with E-state index in [9.17, 15) is 5.11 Å². The van der Waals surface area contributed by atoms with E-state index in [4.69, 9.17) is 0 Å². The van der Waals surface area contributed by atoms with Crippen molar-refractivity contribution in [1.82, 2.24) is 0 Å². The van der Waals surface area contributed by atoms with Crippen LogP contribution in [-0.2, 0) is 10.8 Å². The van der Waals surface area contributed by atoms with Gasteiger partial charge in [0, 0.05) is 16.4 Å². The second-order valence-electron chi connectivity index (χ2n) is 8.17. The average Bonchev–Trinajstić information content (AvgIpc) is 2.65. The molecule has 0 aromatic heterocycles.